The number of ether oxygens (including phenoxy) is 1. The lowest BCUT2D eigenvalue weighted by molar-refractivity contribution is 0.0729. The first-order valence-electron chi connectivity index (χ1n) is 9.88. The van der Waals surface area contributed by atoms with E-state index in [2.05, 4.69) is 10.3 Å². The fraction of sp³-hybridized carbons (Fsp3) is 0.238. The second kappa shape index (κ2) is 9.59. The van der Waals surface area contributed by atoms with Crippen LogP contribution < -0.4 is 5.32 Å². The van der Waals surface area contributed by atoms with Gasteiger partial charge in [0.1, 0.15) is 22.2 Å². The number of benzene rings is 2. The number of thioether (sulfide) groups is 1. The third kappa shape index (κ3) is 4.78. The van der Waals surface area contributed by atoms with Crippen LogP contribution in [0.25, 0.3) is 5.69 Å². The number of imidazole rings is 1. The van der Waals surface area contributed by atoms with Gasteiger partial charge in [-0.15, -0.1) is 0 Å². The number of nitrogens with zero attached hydrogens (tertiary/aromatic N) is 3. The Bertz CT molecular complexity index is 1270. The molecule has 1 aliphatic heterocycles. The monoisotopic (exact) mass is 494 g/mol. The highest BCUT2D eigenvalue weighted by atomic mass is 32.2. The number of halogens is 2. The normalized spacial score (nSPS) is 14.9. The van der Waals surface area contributed by atoms with E-state index in [0.717, 1.165) is 16.4 Å². The molecule has 0 atom stereocenters. The van der Waals surface area contributed by atoms with Crippen molar-refractivity contribution >= 4 is 33.4 Å². The number of sulfonamides is 1. The number of amides is 1. The first kappa shape index (κ1) is 23.4. The van der Waals surface area contributed by atoms with Gasteiger partial charge in [0, 0.05) is 24.5 Å². The van der Waals surface area contributed by atoms with Crippen molar-refractivity contribution in [3.8, 4) is 5.69 Å². The van der Waals surface area contributed by atoms with Crippen LogP contribution in [0.15, 0.2) is 58.7 Å². The highest BCUT2D eigenvalue weighted by Gasteiger charge is 2.29. The van der Waals surface area contributed by atoms with Crippen molar-refractivity contribution < 1.29 is 26.7 Å². The maximum absolute atomic E-state index is 14.5. The van der Waals surface area contributed by atoms with Gasteiger partial charge < -0.3 is 10.1 Å². The van der Waals surface area contributed by atoms with Gasteiger partial charge in [0.2, 0.25) is 10.0 Å². The quantitative estimate of drug-likeness (QED) is 0.530. The summed E-state index contributed by atoms with van der Waals surface area (Å²) in [7, 11) is -4.10. The summed E-state index contributed by atoms with van der Waals surface area (Å²) in [6.07, 6.45) is 3.15. The molecule has 2 heterocycles. The largest absolute Gasteiger partial charge is 0.379 e. The molecule has 33 heavy (non-hydrogen) atoms. The number of hydrogen-bond donors (Lipinski definition) is 1. The van der Waals surface area contributed by atoms with Gasteiger partial charge in [0.05, 0.1) is 19.4 Å². The summed E-state index contributed by atoms with van der Waals surface area (Å²) in [6.45, 7) is 0.685. The van der Waals surface area contributed by atoms with E-state index in [1.54, 1.807) is 10.8 Å². The van der Waals surface area contributed by atoms with Crippen molar-refractivity contribution in [3.05, 3.63) is 66.0 Å². The van der Waals surface area contributed by atoms with Crippen LogP contribution in [-0.4, -0.2) is 60.7 Å². The fourth-order valence-electron chi connectivity index (χ4n) is 3.38. The Morgan fingerprint density at radius 1 is 1.12 bits per heavy atom. The van der Waals surface area contributed by atoms with Crippen molar-refractivity contribution in [2.75, 3.05) is 37.9 Å². The number of rotatable bonds is 6. The van der Waals surface area contributed by atoms with Crippen molar-refractivity contribution in [1.82, 2.24) is 13.9 Å². The summed E-state index contributed by atoms with van der Waals surface area (Å²) in [6, 6.07) is 8.92. The Kier molecular flexibility index (Phi) is 6.79. The Morgan fingerprint density at radius 3 is 2.48 bits per heavy atom. The van der Waals surface area contributed by atoms with E-state index in [-0.39, 0.29) is 37.7 Å². The van der Waals surface area contributed by atoms with E-state index in [1.807, 2.05) is 0 Å². The van der Waals surface area contributed by atoms with Crippen LogP contribution in [0, 0.1) is 11.6 Å². The number of carbonyl (C=O) groups excluding carboxylic acids is 1. The van der Waals surface area contributed by atoms with Crippen LogP contribution in [0.4, 0.5) is 14.5 Å². The van der Waals surface area contributed by atoms with Crippen molar-refractivity contribution in [2.24, 2.45) is 0 Å². The third-order valence-corrected chi connectivity index (χ3v) is 7.57. The summed E-state index contributed by atoms with van der Waals surface area (Å²) in [4.78, 5) is 16.7. The molecule has 0 spiro atoms. The highest BCUT2D eigenvalue weighted by molar-refractivity contribution is 7.98. The topological polar surface area (TPSA) is 93.5 Å². The zero-order chi connectivity index (χ0) is 23.6. The van der Waals surface area contributed by atoms with Gasteiger partial charge in [-0.2, -0.15) is 4.31 Å². The van der Waals surface area contributed by atoms with Crippen molar-refractivity contribution in [2.45, 2.75) is 10.1 Å². The molecule has 1 amide bonds. The predicted octanol–water partition coefficient (Wildman–Crippen LogP) is 3.15. The third-order valence-electron chi connectivity index (χ3n) is 5.01. The number of aromatic nitrogens is 2. The Morgan fingerprint density at radius 2 is 1.82 bits per heavy atom. The number of hydrogen-bond acceptors (Lipinski definition) is 6. The lowest BCUT2D eigenvalue weighted by atomic mass is 10.2. The van der Waals surface area contributed by atoms with Crippen molar-refractivity contribution in [3.63, 3.8) is 0 Å². The second-order valence-electron chi connectivity index (χ2n) is 7.06. The second-order valence-corrected chi connectivity index (χ2v) is 9.74. The van der Waals surface area contributed by atoms with Gasteiger partial charge in [-0.3, -0.25) is 9.36 Å². The average molecular weight is 495 g/mol. The lowest BCUT2D eigenvalue weighted by Crippen LogP contribution is -2.40. The van der Waals surface area contributed by atoms with Gasteiger partial charge in [-0.1, -0.05) is 11.8 Å². The molecule has 1 fully saturated rings. The van der Waals surface area contributed by atoms with Gasteiger partial charge >= 0.3 is 0 Å². The van der Waals surface area contributed by atoms with Gasteiger partial charge in [-0.25, -0.2) is 22.2 Å². The minimum absolute atomic E-state index is 0.103. The zero-order valence-corrected chi connectivity index (χ0v) is 19.1. The number of anilines is 1. The molecular weight excluding hydrogens is 474 g/mol. The summed E-state index contributed by atoms with van der Waals surface area (Å²) >= 11 is 1.30. The number of nitrogens with one attached hydrogen (secondary N) is 1. The minimum atomic E-state index is -4.10. The zero-order valence-electron chi connectivity index (χ0n) is 17.5. The summed E-state index contributed by atoms with van der Waals surface area (Å²) < 4.78 is 61.5. The van der Waals surface area contributed by atoms with E-state index >= 15 is 0 Å². The van der Waals surface area contributed by atoms with Gasteiger partial charge in [0.15, 0.2) is 5.16 Å². The van der Waals surface area contributed by atoms with Crippen LogP contribution in [-0.2, 0) is 14.8 Å². The van der Waals surface area contributed by atoms with E-state index in [1.165, 1.54) is 48.3 Å². The molecule has 174 valence electrons. The Labute approximate surface area is 193 Å². The van der Waals surface area contributed by atoms with E-state index < -0.39 is 32.5 Å². The molecule has 3 aromatic rings. The van der Waals surface area contributed by atoms with Crippen LogP contribution in [0.3, 0.4) is 0 Å². The van der Waals surface area contributed by atoms with Crippen LogP contribution in [0.1, 0.15) is 10.5 Å². The molecule has 0 unspecified atom stereocenters. The Balaban J connectivity index is 1.64. The SMILES string of the molecule is CSc1ncc(C(=O)Nc2ccc(F)c(S(=O)(=O)N3CCOCC3)c2)n1-c1ccc(F)cc1. The first-order valence-corrected chi connectivity index (χ1v) is 12.5. The fourth-order valence-corrected chi connectivity index (χ4v) is 5.42. The summed E-state index contributed by atoms with van der Waals surface area (Å²) in [5, 5.41) is 3.10. The molecule has 1 aromatic heterocycles. The van der Waals surface area contributed by atoms with E-state index in [9.17, 15) is 22.0 Å². The molecule has 0 saturated carbocycles. The van der Waals surface area contributed by atoms with E-state index in [0.29, 0.717) is 10.8 Å². The molecule has 2 aromatic carbocycles. The molecule has 1 saturated heterocycles. The molecule has 0 bridgehead atoms. The maximum atomic E-state index is 14.5. The smallest absolute Gasteiger partial charge is 0.274 e. The number of morpholine rings is 1. The summed E-state index contributed by atoms with van der Waals surface area (Å²) in [5.74, 6) is -1.93. The molecule has 0 radical (unpaired) electrons. The summed E-state index contributed by atoms with van der Waals surface area (Å²) in [5.41, 5.74) is 0.775. The first-order chi connectivity index (χ1) is 15.8. The van der Waals surface area contributed by atoms with Crippen molar-refractivity contribution in [1.29, 1.82) is 0 Å². The van der Waals surface area contributed by atoms with Gasteiger partial charge in [-0.05, 0) is 48.7 Å². The highest BCUT2D eigenvalue weighted by Crippen LogP contribution is 2.26. The molecular formula is C21H20F2N4O4S2. The standard InChI is InChI=1S/C21H20F2N4O4S2/c1-32-21-24-13-18(27(21)16-5-2-14(22)3-6-16)20(28)25-15-4-7-17(23)19(12-15)33(29,30)26-8-10-31-11-9-26/h2-7,12-13H,8-11H2,1H3,(H,25,28). The average Bonchev–Trinajstić information content (AvgIpc) is 3.25. The Hall–Kier alpha value is -2.80. The lowest BCUT2D eigenvalue weighted by Gasteiger charge is -2.26. The molecule has 4 rings (SSSR count). The van der Waals surface area contributed by atoms with Gasteiger partial charge in [0.25, 0.3) is 5.91 Å². The van der Waals surface area contributed by atoms with Crippen LogP contribution in [0.5, 0.6) is 0 Å². The van der Waals surface area contributed by atoms with E-state index in [4.69, 9.17) is 4.74 Å². The molecule has 12 heteroatoms. The predicted molar refractivity (Wildman–Crippen MR) is 119 cm³/mol. The molecule has 1 N–H and O–H groups in total. The maximum Gasteiger partial charge on any atom is 0.274 e. The minimum Gasteiger partial charge on any atom is -0.379 e. The molecule has 8 nitrogen and oxygen atoms in total. The molecule has 0 aliphatic carbocycles. The van der Waals surface area contributed by atoms with Crippen LogP contribution in [0.2, 0.25) is 0 Å². The number of carbonyl (C=O) groups is 1. The molecule has 1 aliphatic rings. The van der Waals surface area contributed by atoms with Crippen LogP contribution >= 0.6 is 11.8 Å².